The Bertz CT molecular complexity index is 606. The summed E-state index contributed by atoms with van der Waals surface area (Å²) in [5, 5.41) is 0. The molecule has 0 aliphatic heterocycles. The van der Waals surface area contributed by atoms with Gasteiger partial charge in [0, 0.05) is 10.5 Å². The SMILES string of the molecule is CCCOc1nc(Oc2ccc(Br)cc2Br)ccc1N. The summed E-state index contributed by atoms with van der Waals surface area (Å²) in [6.07, 6.45) is 0.893. The summed E-state index contributed by atoms with van der Waals surface area (Å²) in [7, 11) is 0. The maximum absolute atomic E-state index is 5.81. The summed E-state index contributed by atoms with van der Waals surface area (Å²) < 4.78 is 13.0. The summed E-state index contributed by atoms with van der Waals surface area (Å²) in [5.74, 6) is 1.51. The number of rotatable bonds is 5. The van der Waals surface area contributed by atoms with E-state index in [4.69, 9.17) is 15.2 Å². The Morgan fingerprint density at radius 1 is 1.20 bits per heavy atom. The van der Waals surface area contributed by atoms with Crippen molar-refractivity contribution in [1.82, 2.24) is 4.98 Å². The van der Waals surface area contributed by atoms with Gasteiger partial charge in [0.1, 0.15) is 5.75 Å². The van der Waals surface area contributed by atoms with Crippen molar-refractivity contribution in [3.05, 3.63) is 39.3 Å². The van der Waals surface area contributed by atoms with Gasteiger partial charge in [-0.15, -0.1) is 0 Å². The minimum absolute atomic E-state index is 0.401. The lowest BCUT2D eigenvalue weighted by atomic mass is 10.3. The quantitative estimate of drug-likeness (QED) is 0.783. The molecule has 106 valence electrons. The highest BCUT2D eigenvalue weighted by Crippen LogP contribution is 2.32. The molecule has 1 heterocycles. The summed E-state index contributed by atoms with van der Waals surface area (Å²) >= 11 is 6.83. The van der Waals surface area contributed by atoms with Crippen LogP contribution in [0.3, 0.4) is 0 Å². The van der Waals surface area contributed by atoms with Crippen LogP contribution in [0.5, 0.6) is 17.5 Å². The van der Waals surface area contributed by atoms with E-state index in [1.54, 1.807) is 12.1 Å². The van der Waals surface area contributed by atoms with Gasteiger partial charge in [0.15, 0.2) is 0 Å². The van der Waals surface area contributed by atoms with Gasteiger partial charge in [0.2, 0.25) is 11.8 Å². The van der Waals surface area contributed by atoms with Crippen molar-refractivity contribution in [2.75, 3.05) is 12.3 Å². The second-order valence-electron chi connectivity index (χ2n) is 4.07. The molecule has 0 unspecified atom stereocenters. The molecule has 0 saturated heterocycles. The van der Waals surface area contributed by atoms with Crippen LogP contribution in [-0.4, -0.2) is 11.6 Å². The predicted molar refractivity (Wildman–Crippen MR) is 86.4 cm³/mol. The van der Waals surface area contributed by atoms with Crippen molar-refractivity contribution < 1.29 is 9.47 Å². The van der Waals surface area contributed by atoms with Gasteiger partial charge in [0.25, 0.3) is 0 Å². The minimum atomic E-state index is 0.401. The highest BCUT2D eigenvalue weighted by molar-refractivity contribution is 9.11. The summed E-state index contributed by atoms with van der Waals surface area (Å²) in [6, 6.07) is 9.08. The van der Waals surface area contributed by atoms with Crippen LogP contribution in [0.2, 0.25) is 0 Å². The molecule has 1 aromatic carbocycles. The topological polar surface area (TPSA) is 57.4 Å². The van der Waals surface area contributed by atoms with Gasteiger partial charge in [-0.1, -0.05) is 22.9 Å². The van der Waals surface area contributed by atoms with Crippen molar-refractivity contribution >= 4 is 37.5 Å². The van der Waals surface area contributed by atoms with E-state index in [2.05, 4.69) is 36.8 Å². The van der Waals surface area contributed by atoms with E-state index in [1.165, 1.54) is 0 Å². The molecular weight excluding hydrogens is 388 g/mol. The fourth-order valence-corrected chi connectivity index (χ4v) is 2.60. The number of pyridine rings is 1. The first-order valence-electron chi connectivity index (χ1n) is 6.12. The molecule has 1 aromatic heterocycles. The van der Waals surface area contributed by atoms with Crippen LogP contribution in [0.4, 0.5) is 5.69 Å². The number of aromatic nitrogens is 1. The maximum Gasteiger partial charge on any atom is 0.240 e. The molecule has 2 N–H and O–H groups in total. The summed E-state index contributed by atoms with van der Waals surface area (Å²) in [6.45, 7) is 2.60. The van der Waals surface area contributed by atoms with Crippen LogP contribution in [0.25, 0.3) is 0 Å². The number of ether oxygens (including phenoxy) is 2. The second-order valence-corrected chi connectivity index (χ2v) is 5.84. The molecule has 4 nitrogen and oxygen atoms in total. The van der Waals surface area contributed by atoms with Crippen molar-refractivity contribution in [2.24, 2.45) is 0 Å². The minimum Gasteiger partial charge on any atom is -0.476 e. The lowest BCUT2D eigenvalue weighted by molar-refractivity contribution is 0.302. The van der Waals surface area contributed by atoms with Gasteiger partial charge in [-0.2, -0.15) is 4.98 Å². The predicted octanol–water partition coefficient (Wildman–Crippen LogP) is 4.77. The van der Waals surface area contributed by atoms with E-state index in [0.29, 0.717) is 29.8 Å². The molecule has 2 rings (SSSR count). The first-order valence-corrected chi connectivity index (χ1v) is 7.71. The molecule has 0 spiro atoms. The van der Waals surface area contributed by atoms with Crippen molar-refractivity contribution in [2.45, 2.75) is 13.3 Å². The number of anilines is 1. The third-order valence-corrected chi connectivity index (χ3v) is 3.53. The molecule has 6 heteroatoms. The van der Waals surface area contributed by atoms with Gasteiger partial charge in [-0.05, 0) is 46.6 Å². The van der Waals surface area contributed by atoms with E-state index in [0.717, 1.165) is 15.4 Å². The first kappa shape index (κ1) is 15.1. The largest absolute Gasteiger partial charge is 0.476 e. The van der Waals surface area contributed by atoms with E-state index in [9.17, 15) is 0 Å². The number of nitrogens with zero attached hydrogens (tertiary/aromatic N) is 1. The van der Waals surface area contributed by atoms with Crippen LogP contribution in [0.15, 0.2) is 39.3 Å². The van der Waals surface area contributed by atoms with Crippen LogP contribution >= 0.6 is 31.9 Å². The van der Waals surface area contributed by atoms with Gasteiger partial charge >= 0.3 is 0 Å². The van der Waals surface area contributed by atoms with E-state index in [-0.39, 0.29) is 0 Å². The van der Waals surface area contributed by atoms with E-state index in [1.807, 2.05) is 25.1 Å². The molecular formula is C14H14Br2N2O2. The standard InChI is InChI=1S/C14H14Br2N2O2/c1-2-7-19-14-11(17)4-6-13(18-14)20-12-5-3-9(15)8-10(12)16/h3-6,8H,2,7,17H2,1H3. The van der Waals surface area contributed by atoms with Gasteiger partial charge in [-0.3, -0.25) is 0 Å². The lowest BCUT2D eigenvalue weighted by Crippen LogP contribution is -2.02. The van der Waals surface area contributed by atoms with Gasteiger partial charge in [-0.25, -0.2) is 0 Å². The zero-order chi connectivity index (χ0) is 14.5. The zero-order valence-electron chi connectivity index (χ0n) is 10.9. The average molecular weight is 402 g/mol. The van der Waals surface area contributed by atoms with Crippen LogP contribution in [0, 0.1) is 0 Å². The first-order chi connectivity index (χ1) is 9.60. The molecule has 20 heavy (non-hydrogen) atoms. The third-order valence-electron chi connectivity index (χ3n) is 2.42. The number of hydrogen-bond acceptors (Lipinski definition) is 4. The van der Waals surface area contributed by atoms with E-state index < -0.39 is 0 Å². The number of hydrogen-bond donors (Lipinski definition) is 1. The second kappa shape index (κ2) is 6.95. The fraction of sp³-hybridized carbons (Fsp3) is 0.214. The van der Waals surface area contributed by atoms with Crippen LogP contribution in [-0.2, 0) is 0 Å². The Morgan fingerprint density at radius 2 is 2.00 bits per heavy atom. The number of halogens is 2. The Morgan fingerprint density at radius 3 is 2.70 bits per heavy atom. The molecule has 0 saturated carbocycles. The molecule has 0 aliphatic carbocycles. The lowest BCUT2D eigenvalue weighted by Gasteiger charge is -2.10. The number of nitrogen functional groups attached to an aromatic ring is 1. The monoisotopic (exact) mass is 400 g/mol. The molecule has 0 bridgehead atoms. The zero-order valence-corrected chi connectivity index (χ0v) is 14.1. The molecule has 0 fully saturated rings. The average Bonchev–Trinajstić information content (AvgIpc) is 2.42. The smallest absolute Gasteiger partial charge is 0.240 e. The molecule has 0 radical (unpaired) electrons. The Hall–Kier alpha value is -1.27. The summed E-state index contributed by atoms with van der Waals surface area (Å²) in [5.41, 5.74) is 6.32. The fourth-order valence-electron chi connectivity index (χ4n) is 1.48. The van der Waals surface area contributed by atoms with Gasteiger partial charge < -0.3 is 15.2 Å². The van der Waals surface area contributed by atoms with Crippen LogP contribution in [0.1, 0.15) is 13.3 Å². The van der Waals surface area contributed by atoms with Crippen molar-refractivity contribution in [3.63, 3.8) is 0 Å². The molecule has 2 aromatic rings. The van der Waals surface area contributed by atoms with Crippen LogP contribution < -0.4 is 15.2 Å². The Kier molecular flexibility index (Phi) is 5.25. The maximum atomic E-state index is 5.81. The van der Waals surface area contributed by atoms with Crippen molar-refractivity contribution in [1.29, 1.82) is 0 Å². The summed E-state index contributed by atoms with van der Waals surface area (Å²) in [4.78, 5) is 4.27. The van der Waals surface area contributed by atoms with Crippen molar-refractivity contribution in [3.8, 4) is 17.5 Å². The highest BCUT2D eigenvalue weighted by atomic mass is 79.9. The number of benzene rings is 1. The molecule has 0 aliphatic rings. The number of nitrogens with two attached hydrogens (primary N) is 1. The van der Waals surface area contributed by atoms with Gasteiger partial charge in [0.05, 0.1) is 16.8 Å². The molecule has 0 amide bonds. The van der Waals surface area contributed by atoms with E-state index >= 15 is 0 Å². The Balaban J connectivity index is 2.20. The Labute approximate surface area is 134 Å². The molecule has 0 atom stereocenters. The normalized spacial score (nSPS) is 10.3. The third kappa shape index (κ3) is 3.86. The highest BCUT2D eigenvalue weighted by Gasteiger charge is 2.08.